The second kappa shape index (κ2) is 2.91. The van der Waals surface area contributed by atoms with Crippen LogP contribution in [0, 0.1) is 11.7 Å². The number of benzene rings is 1. The minimum atomic E-state index is -0.285. The molecule has 1 saturated carbocycles. The van der Waals surface area contributed by atoms with E-state index in [2.05, 4.69) is 12.2 Å². The Morgan fingerprint density at radius 3 is 2.77 bits per heavy atom. The van der Waals surface area contributed by atoms with Crippen LogP contribution in [0.5, 0.6) is 0 Å². The quantitative estimate of drug-likeness (QED) is 0.685. The SMILES string of the molecule is CC1CC1Nc1ccc(F)cc1N. The molecule has 3 N–H and O–H groups in total. The summed E-state index contributed by atoms with van der Waals surface area (Å²) >= 11 is 0. The van der Waals surface area contributed by atoms with Gasteiger partial charge in [-0.25, -0.2) is 4.39 Å². The van der Waals surface area contributed by atoms with Crippen LogP contribution in [0.1, 0.15) is 13.3 Å². The van der Waals surface area contributed by atoms with Crippen LogP contribution in [0.4, 0.5) is 15.8 Å². The van der Waals surface area contributed by atoms with E-state index >= 15 is 0 Å². The van der Waals surface area contributed by atoms with Gasteiger partial charge in [-0.1, -0.05) is 6.92 Å². The molecule has 1 fully saturated rings. The van der Waals surface area contributed by atoms with E-state index in [1.807, 2.05) is 0 Å². The Morgan fingerprint density at radius 1 is 1.54 bits per heavy atom. The van der Waals surface area contributed by atoms with Crippen molar-refractivity contribution in [2.75, 3.05) is 11.1 Å². The van der Waals surface area contributed by atoms with Crippen molar-refractivity contribution >= 4 is 11.4 Å². The second-order valence-corrected chi connectivity index (χ2v) is 3.70. The van der Waals surface area contributed by atoms with E-state index in [4.69, 9.17) is 5.73 Å². The van der Waals surface area contributed by atoms with Gasteiger partial charge in [-0.2, -0.15) is 0 Å². The van der Waals surface area contributed by atoms with Gasteiger partial charge in [0, 0.05) is 6.04 Å². The van der Waals surface area contributed by atoms with Crippen LogP contribution in [0.15, 0.2) is 18.2 Å². The fourth-order valence-corrected chi connectivity index (χ4v) is 1.39. The first-order chi connectivity index (χ1) is 6.16. The van der Waals surface area contributed by atoms with Crippen molar-refractivity contribution in [3.05, 3.63) is 24.0 Å². The average Bonchev–Trinajstić information content (AvgIpc) is 2.73. The molecule has 2 nitrogen and oxygen atoms in total. The maximum Gasteiger partial charge on any atom is 0.125 e. The van der Waals surface area contributed by atoms with Crippen molar-refractivity contribution in [1.29, 1.82) is 0 Å². The van der Waals surface area contributed by atoms with Crippen LogP contribution in [0.25, 0.3) is 0 Å². The molecule has 0 aliphatic heterocycles. The monoisotopic (exact) mass is 180 g/mol. The lowest BCUT2D eigenvalue weighted by atomic mass is 10.2. The van der Waals surface area contributed by atoms with Crippen molar-refractivity contribution in [1.82, 2.24) is 0 Å². The first kappa shape index (κ1) is 8.35. The van der Waals surface area contributed by atoms with Crippen LogP contribution < -0.4 is 11.1 Å². The summed E-state index contributed by atoms with van der Waals surface area (Å²) in [6.45, 7) is 2.18. The van der Waals surface area contributed by atoms with Gasteiger partial charge in [-0.15, -0.1) is 0 Å². The summed E-state index contributed by atoms with van der Waals surface area (Å²) in [4.78, 5) is 0. The van der Waals surface area contributed by atoms with Gasteiger partial charge >= 0.3 is 0 Å². The van der Waals surface area contributed by atoms with Gasteiger partial charge < -0.3 is 11.1 Å². The van der Waals surface area contributed by atoms with Crippen LogP contribution in [-0.4, -0.2) is 6.04 Å². The molecule has 70 valence electrons. The van der Waals surface area contributed by atoms with Gasteiger partial charge in [-0.05, 0) is 30.5 Å². The van der Waals surface area contributed by atoms with Crippen molar-refractivity contribution in [2.45, 2.75) is 19.4 Å². The highest BCUT2D eigenvalue weighted by molar-refractivity contribution is 5.66. The number of hydrogen-bond donors (Lipinski definition) is 2. The Hall–Kier alpha value is -1.25. The van der Waals surface area contributed by atoms with Gasteiger partial charge in [0.05, 0.1) is 11.4 Å². The first-order valence-corrected chi connectivity index (χ1v) is 4.48. The zero-order chi connectivity index (χ0) is 9.42. The van der Waals surface area contributed by atoms with E-state index in [0.29, 0.717) is 17.6 Å². The molecule has 0 heterocycles. The van der Waals surface area contributed by atoms with Crippen molar-refractivity contribution in [3.63, 3.8) is 0 Å². The lowest BCUT2D eigenvalue weighted by Gasteiger charge is -2.07. The molecule has 2 atom stereocenters. The third-order valence-corrected chi connectivity index (χ3v) is 2.46. The topological polar surface area (TPSA) is 38.0 Å². The normalized spacial score (nSPS) is 25.7. The largest absolute Gasteiger partial charge is 0.397 e. The summed E-state index contributed by atoms with van der Waals surface area (Å²) in [7, 11) is 0. The molecule has 0 aromatic heterocycles. The number of hydrogen-bond acceptors (Lipinski definition) is 2. The standard InChI is InChI=1S/C10H13FN2/c1-6-4-10(6)13-9-3-2-7(11)5-8(9)12/h2-3,5-6,10,13H,4,12H2,1H3. The summed E-state index contributed by atoms with van der Waals surface area (Å²) < 4.78 is 12.7. The molecule has 1 aromatic rings. The van der Waals surface area contributed by atoms with Crippen molar-refractivity contribution < 1.29 is 4.39 Å². The fourth-order valence-electron chi connectivity index (χ4n) is 1.39. The van der Waals surface area contributed by atoms with Crippen molar-refractivity contribution in [3.8, 4) is 0 Å². The molecule has 0 spiro atoms. The molecular weight excluding hydrogens is 167 g/mol. The molecule has 13 heavy (non-hydrogen) atoms. The Bertz CT molecular complexity index is 325. The highest BCUT2D eigenvalue weighted by Gasteiger charge is 2.32. The van der Waals surface area contributed by atoms with E-state index < -0.39 is 0 Å². The molecule has 0 bridgehead atoms. The Balaban J connectivity index is 2.11. The van der Waals surface area contributed by atoms with E-state index in [-0.39, 0.29) is 5.82 Å². The summed E-state index contributed by atoms with van der Waals surface area (Å²) in [6.07, 6.45) is 1.18. The minimum absolute atomic E-state index is 0.285. The number of nitrogen functional groups attached to an aromatic ring is 1. The van der Waals surface area contributed by atoms with Crippen LogP contribution in [0.2, 0.25) is 0 Å². The molecular formula is C10H13FN2. The number of nitrogens with one attached hydrogen (secondary N) is 1. The van der Waals surface area contributed by atoms with Gasteiger partial charge in [0.15, 0.2) is 0 Å². The molecule has 0 amide bonds. The maximum absolute atomic E-state index is 12.7. The first-order valence-electron chi connectivity index (χ1n) is 4.48. The summed E-state index contributed by atoms with van der Waals surface area (Å²) in [5.41, 5.74) is 6.97. The fraction of sp³-hybridized carbons (Fsp3) is 0.400. The second-order valence-electron chi connectivity index (χ2n) is 3.70. The van der Waals surface area contributed by atoms with E-state index in [9.17, 15) is 4.39 Å². The minimum Gasteiger partial charge on any atom is -0.397 e. The Morgan fingerprint density at radius 2 is 2.23 bits per heavy atom. The lowest BCUT2D eigenvalue weighted by Crippen LogP contribution is -2.06. The highest BCUT2D eigenvalue weighted by Crippen LogP contribution is 2.34. The number of anilines is 2. The zero-order valence-electron chi connectivity index (χ0n) is 7.55. The molecule has 1 aromatic carbocycles. The number of rotatable bonds is 2. The van der Waals surface area contributed by atoms with E-state index in [1.54, 1.807) is 6.07 Å². The van der Waals surface area contributed by atoms with Gasteiger partial charge in [-0.3, -0.25) is 0 Å². The van der Waals surface area contributed by atoms with Gasteiger partial charge in [0.1, 0.15) is 5.82 Å². The molecule has 1 aliphatic rings. The Labute approximate surface area is 76.9 Å². The predicted molar refractivity (Wildman–Crippen MR) is 52.0 cm³/mol. The third-order valence-electron chi connectivity index (χ3n) is 2.46. The lowest BCUT2D eigenvalue weighted by molar-refractivity contribution is 0.628. The van der Waals surface area contributed by atoms with Gasteiger partial charge in [0.25, 0.3) is 0 Å². The molecule has 1 aliphatic carbocycles. The summed E-state index contributed by atoms with van der Waals surface area (Å²) in [6, 6.07) is 4.98. The smallest absolute Gasteiger partial charge is 0.125 e. The molecule has 0 saturated heterocycles. The number of halogens is 1. The molecule has 0 radical (unpaired) electrons. The summed E-state index contributed by atoms with van der Waals surface area (Å²) in [5, 5.41) is 3.27. The predicted octanol–water partition coefficient (Wildman–Crippen LogP) is 2.23. The summed E-state index contributed by atoms with van der Waals surface area (Å²) in [5.74, 6) is 0.427. The molecule has 3 heteroatoms. The number of nitrogens with two attached hydrogens (primary N) is 1. The average molecular weight is 180 g/mol. The highest BCUT2D eigenvalue weighted by atomic mass is 19.1. The van der Waals surface area contributed by atoms with E-state index in [1.165, 1.54) is 18.6 Å². The van der Waals surface area contributed by atoms with Crippen LogP contribution in [0.3, 0.4) is 0 Å². The van der Waals surface area contributed by atoms with Gasteiger partial charge in [0.2, 0.25) is 0 Å². The molecule has 2 unspecified atom stereocenters. The third kappa shape index (κ3) is 1.74. The van der Waals surface area contributed by atoms with Crippen LogP contribution >= 0.6 is 0 Å². The Kier molecular flexibility index (Phi) is 1.87. The molecule has 2 rings (SSSR count). The maximum atomic E-state index is 12.7. The van der Waals surface area contributed by atoms with Crippen molar-refractivity contribution in [2.24, 2.45) is 5.92 Å². The van der Waals surface area contributed by atoms with Crippen LogP contribution in [-0.2, 0) is 0 Å². The zero-order valence-corrected chi connectivity index (χ0v) is 7.55. The van der Waals surface area contributed by atoms with E-state index in [0.717, 1.165) is 5.69 Å².